The number of rotatable bonds is 6. The first-order valence-corrected chi connectivity index (χ1v) is 20.3. The second kappa shape index (κ2) is 14.0. The number of hydrogen-bond donors (Lipinski definition) is 0. The lowest BCUT2D eigenvalue weighted by Crippen LogP contribution is -2.02. The molecule has 4 nitrogen and oxygen atoms in total. The van der Waals surface area contributed by atoms with Crippen LogP contribution in [-0.4, -0.2) is 19.5 Å². The van der Waals surface area contributed by atoms with Crippen LogP contribution in [0.3, 0.4) is 0 Å². The molecule has 280 valence electrons. The largest absolute Gasteiger partial charge is 0.309 e. The Hall–Kier alpha value is -7.73. The highest BCUT2D eigenvalue weighted by molar-refractivity contribution is 7.26. The summed E-state index contributed by atoms with van der Waals surface area (Å²) >= 11 is 1.78. The molecule has 0 spiro atoms. The van der Waals surface area contributed by atoms with E-state index in [4.69, 9.17) is 23.2 Å². The average molecular weight is 791 g/mol. The fraction of sp³-hybridized carbons (Fsp3) is 0. The molecule has 0 saturated carbocycles. The van der Waals surface area contributed by atoms with E-state index in [0.717, 1.165) is 38.6 Å². The van der Waals surface area contributed by atoms with Gasteiger partial charge in [0.1, 0.15) is 0 Å². The maximum Gasteiger partial charge on any atom is 0.164 e. The first-order valence-electron chi connectivity index (χ1n) is 23.5. The molecule has 3 heterocycles. The predicted octanol–water partition coefficient (Wildman–Crippen LogP) is 14.8. The Morgan fingerprint density at radius 3 is 1.73 bits per heavy atom. The van der Waals surface area contributed by atoms with Crippen LogP contribution in [0.4, 0.5) is 0 Å². The van der Waals surface area contributed by atoms with Crippen molar-refractivity contribution in [3.63, 3.8) is 0 Å². The van der Waals surface area contributed by atoms with E-state index in [1.165, 1.54) is 20.2 Å². The van der Waals surface area contributed by atoms with E-state index >= 15 is 0 Å². The van der Waals surface area contributed by atoms with Crippen LogP contribution < -0.4 is 0 Å². The van der Waals surface area contributed by atoms with Gasteiger partial charge >= 0.3 is 0 Å². The van der Waals surface area contributed by atoms with E-state index < -0.39 is 36.3 Å². The minimum atomic E-state index is -0.505. The normalized spacial score (nSPS) is 13.5. The molecule has 12 rings (SSSR count). The summed E-state index contributed by atoms with van der Waals surface area (Å²) in [5, 5.41) is 4.53. The van der Waals surface area contributed by atoms with Gasteiger partial charge in [0.15, 0.2) is 17.5 Å². The van der Waals surface area contributed by atoms with E-state index in [-0.39, 0.29) is 33.9 Å². The van der Waals surface area contributed by atoms with Gasteiger partial charge in [0, 0.05) is 53.2 Å². The van der Waals surface area contributed by atoms with Crippen LogP contribution in [0.15, 0.2) is 206 Å². The molecule has 5 heteroatoms. The van der Waals surface area contributed by atoms with Gasteiger partial charge in [-0.3, -0.25) is 0 Å². The molecule has 3 aromatic heterocycles. The molecule has 0 bridgehead atoms. The fourth-order valence-electron chi connectivity index (χ4n) is 8.24. The number of aromatic nitrogens is 4. The lowest BCUT2D eigenvalue weighted by Gasteiger charge is -2.16. The highest BCUT2D eigenvalue weighted by atomic mass is 32.1. The molecule has 0 unspecified atom stereocenters. The molecular weight excluding hydrogens is 749 g/mol. The molecule has 60 heavy (non-hydrogen) atoms. The first-order chi connectivity index (χ1) is 33.0. The van der Waals surface area contributed by atoms with Gasteiger partial charge in [0.05, 0.1) is 27.7 Å². The third kappa shape index (κ3) is 5.70. The molecule has 0 aliphatic carbocycles. The SMILES string of the molecule is [2H]c1c([2H])c([2H])c2c(c1[2H])c1c([2H])c([2H])c([2H])c([2H])c1n2-c1cc(-c2nc(-c3ccc(-c4cccc5c4sc4ccccc45)cc3)nc(-c3ccc4ccccc4c3)n2)ccc1-c1ccccc1. The maximum absolute atomic E-state index is 9.27. The van der Waals surface area contributed by atoms with Crippen molar-refractivity contribution in [2.75, 3.05) is 0 Å². The van der Waals surface area contributed by atoms with Gasteiger partial charge in [0.2, 0.25) is 0 Å². The topological polar surface area (TPSA) is 43.6 Å². The molecule has 0 saturated heterocycles. The van der Waals surface area contributed by atoms with Crippen LogP contribution >= 0.6 is 11.3 Å². The van der Waals surface area contributed by atoms with Crippen molar-refractivity contribution in [3.05, 3.63) is 206 Å². The highest BCUT2D eigenvalue weighted by Crippen LogP contribution is 2.41. The third-order valence-electron chi connectivity index (χ3n) is 11.1. The minimum absolute atomic E-state index is 0.00418. The fourth-order valence-corrected chi connectivity index (χ4v) is 9.48. The van der Waals surface area contributed by atoms with E-state index in [0.29, 0.717) is 34.3 Å². The van der Waals surface area contributed by atoms with Crippen LogP contribution in [0.25, 0.3) is 115 Å². The number of fused-ring (bicyclic) bond motifs is 7. The van der Waals surface area contributed by atoms with E-state index in [2.05, 4.69) is 66.7 Å². The van der Waals surface area contributed by atoms with Crippen LogP contribution in [0.1, 0.15) is 11.0 Å². The molecular formula is C55H34N4S. The molecule has 0 amide bonds. The van der Waals surface area contributed by atoms with Gasteiger partial charge in [-0.1, -0.05) is 176 Å². The molecule has 0 fully saturated rings. The summed E-state index contributed by atoms with van der Waals surface area (Å²) in [5.41, 5.74) is 6.11. The zero-order chi connectivity index (χ0) is 46.5. The van der Waals surface area contributed by atoms with E-state index in [9.17, 15) is 2.74 Å². The Kier molecular flexibility index (Phi) is 6.30. The summed E-state index contributed by atoms with van der Waals surface area (Å²) in [6, 6.07) is 48.8. The van der Waals surface area contributed by atoms with Gasteiger partial charge in [-0.15, -0.1) is 11.3 Å². The molecule has 0 aliphatic rings. The Labute approximate surface area is 361 Å². The van der Waals surface area contributed by atoms with Crippen LogP contribution in [0.2, 0.25) is 0 Å². The summed E-state index contributed by atoms with van der Waals surface area (Å²) in [7, 11) is 0. The van der Waals surface area contributed by atoms with Gasteiger partial charge in [-0.25, -0.2) is 15.0 Å². The zero-order valence-corrected chi connectivity index (χ0v) is 32.5. The average Bonchev–Trinajstić information content (AvgIpc) is 3.96. The van der Waals surface area contributed by atoms with Crippen molar-refractivity contribution in [2.24, 2.45) is 0 Å². The van der Waals surface area contributed by atoms with Crippen molar-refractivity contribution in [3.8, 4) is 62.1 Å². The molecule has 9 aromatic carbocycles. The summed E-state index contributed by atoms with van der Waals surface area (Å²) in [5.74, 6) is 1.19. The van der Waals surface area contributed by atoms with E-state index in [1.807, 2.05) is 91.0 Å². The molecule has 0 radical (unpaired) electrons. The summed E-state index contributed by atoms with van der Waals surface area (Å²) in [6.07, 6.45) is 0. The van der Waals surface area contributed by atoms with Crippen LogP contribution in [0.5, 0.6) is 0 Å². The maximum atomic E-state index is 9.27. The Bertz CT molecular complexity index is 4000. The number of hydrogen-bond acceptors (Lipinski definition) is 4. The van der Waals surface area contributed by atoms with Gasteiger partial charge in [-0.05, 0) is 57.7 Å². The molecule has 0 N–H and O–H groups in total. The number of benzene rings is 9. The van der Waals surface area contributed by atoms with Crippen molar-refractivity contribution < 1.29 is 11.0 Å². The van der Waals surface area contributed by atoms with Crippen LogP contribution in [0, 0.1) is 0 Å². The number of para-hydroxylation sites is 2. The molecule has 0 aliphatic heterocycles. The lowest BCUT2D eigenvalue weighted by atomic mass is 10.00. The zero-order valence-electron chi connectivity index (χ0n) is 39.7. The summed E-state index contributed by atoms with van der Waals surface area (Å²) < 4.78 is 75.4. The lowest BCUT2D eigenvalue weighted by molar-refractivity contribution is 1.07. The van der Waals surface area contributed by atoms with Crippen molar-refractivity contribution in [1.29, 1.82) is 0 Å². The second-order valence-electron chi connectivity index (χ2n) is 14.6. The monoisotopic (exact) mass is 790 g/mol. The summed E-state index contributed by atoms with van der Waals surface area (Å²) in [4.78, 5) is 15.3. The Morgan fingerprint density at radius 1 is 0.400 bits per heavy atom. The molecule has 12 aromatic rings. The Morgan fingerprint density at radius 2 is 0.967 bits per heavy atom. The summed E-state index contributed by atoms with van der Waals surface area (Å²) in [6.45, 7) is 0. The van der Waals surface area contributed by atoms with E-state index in [1.54, 1.807) is 15.9 Å². The predicted molar refractivity (Wildman–Crippen MR) is 252 cm³/mol. The smallest absolute Gasteiger partial charge is 0.164 e. The Balaban J connectivity index is 1.10. The van der Waals surface area contributed by atoms with Crippen molar-refractivity contribution in [2.45, 2.75) is 0 Å². The standard InChI is InChI=1S/C55H34N4S/c1-2-14-36(15-3-1)42-32-31-41(34-50(42)59-48-22-9-6-17-44(48)45-18-7-10-23-49(45)59)55-57-53(56-54(58-55)40-30-25-35-13-4-5-16-39(35)33-40)38-28-26-37(27-29-38)43-20-12-21-47-46-19-8-11-24-51(46)60-52(43)47/h1-34H/i6D,7D,9D,10D,17D,18D,22D,23D. The van der Waals surface area contributed by atoms with Crippen molar-refractivity contribution >= 4 is 64.1 Å². The van der Waals surface area contributed by atoms with Crippen LogP contribution in [-0.2, 0) is 0 Å². The second-order valence-corrected chi connectivity index (χ2v) is 15.7. The van der Waals surface area contributed by atoms with Gasteiger partial charge < -0.3 is 4.57 Å². The van der Waals surface area contributed by atoms with Gasteiger partial charge in [-0.2, -0.15) is 0 Å². The number of nitrogens with zero attached hydrogens (tertiary/aromatic N) is 4. The molecule has 0 atom stereocenters. The number of thiophene rings is 1. The minimum Gasteiger partial charge on any atom is -0.309 e. The van der Waals surface area contributed by atoms with Gasteiger partial charge in [0.25, 0.3) is 0 Å². The third-order valence-corrected chi connectivity index (χ3v) is 12.3. The first kappa shape index (κ1) is 27.0. The quantitative estimate of drug-likeness (QED) is 0.168. The van der Waals surface area contributed by atoms with Crippen molar-refractivity contribution in [1.82, 2.24) is 19.5 Å². The highest BCUT2D eigenvalue weighted by Gasteiger charge is 2.19.